The number of amides is 3. The Morgan fingerprint density at radius 3 is 2.55 bits per heavy atom. The molecule has 0 fully saturated rings. The molecule has 4 rings (SSSR count). The summed E-state index contributed by atoms with van der Waals surface area (Å²) in [5.41, 5.74) is 2.78. The first kappa shape index (κ1) is 20.1. The van der Waals surface area contributed by atoms with Crippen LogP contribution in [0.15, 0.2) is 54.6 Å². The molecule has 0 radical (unpaired) electrons. The van der Waals surface area contributed by atoms with Gasteiger partial charge in [-0.3, -0.25) is 4.79 Å². The van der Waals surface area contributed by atoms with Crippen LogP contribution in [0.5, 0.6) is 23.0 Å². The molecule has 1 heterocycles. The summed E-state index contributed by atoms with van der Waals surface area (Å²) < 4.78 is 16.5. The van der Waals surface area contributed by atoms with Gasteiger partial charge in [-0.2, -0.15) is 0 Å². The Kier molecular flexibility index (Phi) is 5.36. The number of hydrogen-bond acceptors (Lipinski definition) is 5. The number of methoxy groups -OCH3 is 2. The number of carbonyl (C=O) groups is 2. The van der Waals surface area contributed by atoms with Gasteiger partial charge in [0, 0.05) is 5.69 Å². The smallest absolute Gasteiger partial charge is 0.323 e. The molecule has 3 aromatic carbocycles. The average molecular weight is 419 g/mol. The highest BCUT2D eigenvalue weighted by Gasteiger charge is 2.22. The summed E-state index contributed by atoms with van der Waals surface area (Å²) in [4.78, 5) is 25.2. The van der Waals surface area contributed by atoms with Crippen LogP contribution >= 0.6 is 0 Å². The fraction of sp³-hybridized carbons (Fsp3) is 0.130. The molecule has 8 nitrogen and oxygen atoms in total. The van der Waals surface area contributed by atoms with Crippen molar-refractivity contribution < 1.29 is 23.8 Å². The van der Waals surface area contributed by atoms with Gasteiger partial charge in [0.15, 0.2) is 17.2 Å². The van der Waals surface area contributed by atoms with Crippen molar-refractivity contribution in [1.29, 1.82) is 0 Å². The lowest BCUT2D eigenvalue weighted by atomic mass is 10.1. The van der Waals surface area contributed by atoms with E-state index >= 15 is 0 Å². The minimum atomic E-state index is -0.500. The van der Waals surface area contributed by atoms with Gasteiger partial charge in [-0.05, 0) is 55.0 Å². The highest BCUT2D eigenvalue weighted by atomic mass is 16.5. The summed E-state index contributed by atoms with van der Waals surface area (Å²) in [6.07, 6.45) is 0. The van der Waals surface area contributed by atoms with Crippen LogP contribution in [0.1, 0.15) is 15.9 Å². The minimum Gasteiger partial charge on any atom is -0.493 e. The maximum Gasteiger partial charge on any atom is 0.323 e. The molecule has 0 aliphatic carbocycles. The molecule has 0 spiro atoms. The van der Waals surface area contributed by atoms with Gasteiger partial charge in [0.25, 0.3) is 5.91 Å². The summed E-state index contributed by atoms with van der Waals surface area (Å²) in [6, 6.07) is 15.1. The maximum absolute atomic E-state index is 12.7. The summed E-state index contributed by atoms with van der Waals surface area (Å²) in [5.74, 6) is 1.54. The van der Waals surface area contributed by atoms with Crippen molar-refractivity contribution >= 4 is 29.0 Å². The maximum atomic E-state index is 12.7. The molecule has 0 unspecified atom stereocenters. The predicted octanol–water partition coefficient (Wildman–Crippen LogP) is 5.01. The molecule has 1 aliphatic heterocycles. The van der Waals surface area contributed by atoms with E-state index in [4.69, 9.17) is 14.2 Å². The number of benzene rings is 3. The Hall–Kier alpha value is -4.20. The average Bonchev–Trinajstić information content (AvgIpc) is 2.89. The highest BCUT2D eigenvalue weighted by molar-refractivity contribution is 6.09. The Morgan fingerprint density at radius 2 is 1.77 bits per heavy atom. The number of anilines is 3. The van der Waals surface area contributed by atoms with Crippen LogP contribution in [0.25, 0.3) is 0 Å². The third-order valence-corrected chi connectivity index (χ3v) is 4.74. The van der Waals surface area contributed by atoms with Gasteiger partial charge in [-0.15, -0.1) is 0 Å². The van der Waals surface area contributed by atoms with Crippen molar-refractivity contribution in [1.82, 2.24) is 0 Å². The third kappa shape index (κ3) is 4.09. The molecular weight excluding hydrogens is 398 g/mol. The highest BCUT2D eigenvalue weighted by Crippen LogP contribution is 2.37. The number of urea groups is 1. The van der Waals surface area contributed by atoms with Gasteiger partial charge in [0.2, 0.25) is 0 Å². The first-order valence-corrected chi connectivity index (χ1v) is 9.51. The zero-order valence-corrected chi connectivity index (χ0v) is 17.2. The first-order chi connectivity index (χ1) is 15.0. The van der Waals surface area contributed by atoms with Crippen LogP contribution < -0.4 is 30.2 Å². The normalized spacial score (nSPS) is 11.8. The number of rotatable bonds is 4. The van der Waals surface area contributed by atoms with Gasteiger partial charge in [0.1, 0.15) is 5.75 Å². The molecule has 0 saturated carbocycles. The van der Waals surface area contributed by atoms with Crippen molar-refractivity contribution in [2.24, 2.45) is 0 Å². The lowest BCUT2D eigenvalue weighted by Gasteiger charge is -2.14. The van der Waals surface area contributed by atoms with Gasteiger partial charge < -0.3 is 30.2 Å². The minimum absolute atomic E-state index is 0.311. The summed E-state index contributed by atoms with van der Waals surface area (Å²) in [6.45, 7) is 1.93. The SMILES string of the molecule is COc1cccc(NC(=O)Nc2ccc3c(c2)C(=O)Nc2cc(C)ccc2O3)c1OC. The number of para-hydroxylation sites is 1. The molecule has 3 N–H and O–H groups in total. The molecule has 158 valence electrons. The number of ether oxygens (including phenoxy) is 3. The van der Waals surface area contributed by atoms with E-state index in [-0.39, 0.29) is 5.91 Å². The first-order valence-electron chi connectivity index (χ1n) is 9.51. The van der Waals surface area contributed by atoms with Crippen molar-refractivity contribution in [2.45, 2.75) is 6.92 Å². The molecule has 3 aromatic rings. The van der Waals surface area contributed by atoms with E-state index in [0.29, 0.717) is 45.6 Å². The van der Waals surface area contributed by atoms with E-state index in [1.165, 1.54) is 14.2 Å². The largest absolute Gasteiger partial charge is 0.493 e. The van der Waals surface area contributed by atoms with Crippen LogP contribution in [-0.4, -0.2) is 26.2 Å². The summed E-state index contributed by atoms with van der Waals surface area (Å²) >= 11 is 0. The van der Waals surface area contributed by atoms with Gasteiger partial charge in [-0.25, -0.2) is 4.79 Å². The second-order valence-corrected chi connectivity index (χ2v) is 6.89. The molecule has 0 bridgehead atoms. The van der Waals surface area contributed by atoms with E-state index in [1.807, 2.05) is 19.1 Å². The van der Waals surface area contributed by atoms with Gasteiger partial charge in [0.05, 0.1) is 31.2 Å². The fourth-order valence-electron chi connectivity index (χ4n) is 3.28. The van der Waals surface area contributed by atoms with Crippen LogP contribution in [0.4, 0.5) is 21.9 Å². The molecular formula is C23H21N3O5. The fourth-order valence-corrected chi connectivity index (χ4v) is 3.28. The predicted molar refractivity (Wildman–Crippen MR) is 118 cm³/mol. The molecule has 0 atom stereocenters. The Morgan fingerprint density at radius 1 is 0.968 bits per heavy atom. The molecule has 8 heteroatoms. The van der Waals surface area contributed by atoms with E-state index in [9.17, 15) is 9.59 Å². The molecule has 0 saturated heterocycles. The third-order valence-electron chi connectivity index (χ3n) is 4.74. The van der Waals surface area contributed by atoms with Crippen LogP contribution in [0.3, 0.4) is 0 Å². The van der Waals surface area contributed by atoms with Gasteiger partial charge >= 0.3 is 6.03 Å². The van der Waals surface area contributed by atoms with Crippen LogP contribution in [0, 0.1) is 6.92 Å². The zero-order chi connectivity index (χ0) is 22.0. The summed E-state index contributed by atoms with van der Waals surface area (Å²) in [5, 5.41) is 8.29. The summed E-state index contributed by atoms with van der Waals surface area (Å²) in [7, 11) is 3.01. The van der Waals surface area contributed by atoms with Gasteiger partial charge in [-0.1, -0.05) is 12.1 Å². The Bertz CT molecular complexity index is 1180. The zero-order valence-electron chi connectivity index (χ0n) is 17.2. The molecule has 1 aliphatic rings. The van der Waals surface area contributed by atoms with Crippen molar-refractivity contribution in [3.8, 4) is 23.0 Å². The monoisotopic (exact) mass is 419 g/mol. The Labute approximate surface area is 179 Å². The topological polar surface area (TPSA) is 97.9 Å². The number of nitrogens with one attached hydrogen (secondary N) is 3. The molecule has 0 aromatic heterocycles. The van der Waals surface area contributed by atoms with Crippen LogP contribution in [0.2, 0.25) is 0 Å². The second kappa shape index (κ2) is 8.27. The number of fused-ring (bicyclic) bond motifs is 2. The number of aryl methyl sites for hydroxylation is 1. The van der Waals surface area contributed by atoms with E-state index < -0.39 is 6.03 Å². The van der Waals surface area contributed by atoms with Crippen molar-refractivity contribution in [3.05, 3.63) is 65.7 Å². The van der Waals surface area contributed by atoms with E-state index in [2.05, 4.69) is 16.0 Å². The van der Waals surface area contributed by atoms with Crippen molar-refractivity contribution in [2.75, 3.05) is 30.2 Å². The van der Waals surface area contributed by atoms with Crippen molar-refractivity contribution in [3.63, 3.8) is 0 Å². The van der Waals surface area contributed by atoms with Crippen LogP contribution in [-0.2, 0) is 0 Å². The van der Waals surface area contributed by atoms with E-state index in [1.54, 1.807) is 42.5 Å². The lowest BCUT2D eigenvalue weighted by molar-refractivity contribution is 0.102. The standard InChI is InChI=1S/C23H21N3O5/c1-13-7-9-19-17(11-13)25-22(27)15-12-14(8-10-18(15)31-19)24-23(28)26-16-5-4-6-20(29-2)21(16)30-3/h4-12H,1-3H3,(H,25,27)(H2,24,26,28). The number of hydrogen-bond donors (Lipinski definition) is 3. The Balaban J connectivity index is 1.54. The van der Waals surface area contributed by atoms with E-state index in [0.717, 1.165) is 5.56 Å². The quantitative estimate of drug-likeness (QED) is 0.552. The second-order valence-electron chi connectivity index (χ2n) is 6.89. The number of carbonyl (C=O) groups excluding carboxylic acids is 2. The molecule has 31 heavy (non-hydrogen) atoms. The lowest BCUT2D eigenvalue weighted by Crippen LogP contribution is -2.20. The molecule has 3 amide bonds.